The third-order valence-electron chi connectivity index (χ3n) is 4.15. The van der Waals surface area contributed by atoms with Crippen LogP contribution in [0.2, 0.25) is 0 Å². The van der Waals surface area contributed by atoms with E-state index in [2.05, 4.69) is 34.6 Å². The van der Waals surface area contributed by atoms with E-state index in [-0.39, 0.29) is 12.5 Å². The van der Waals surface area contributed by atoms with E-state index >= 15 is 0 Å². The van der Waals surface area contributed by atoms with Crippen molar-refractivity contribution in [1.29, 1.82) is 0 Å². The van der Waals surface area contributed by atoms with Gasteiger partial charge in [0.2, 0.25) is 11.7 Å². The molecule has 1 N–H and O–H groups in total. The second-order valence-electron chi connectivity index (χ2n) is 5.99. The molecular weight excluding hydrogens is 314 g/mol. The average molecular weight is 335 g/mol. The fourth-order valence-electron chi connectivity index (χ4n) is 2.47. The highest BCUT2D eigenvalue weighted by Crippen LogP contribution is 2.20. The van der Waals surface area contributed by atoms with Crippen molar-refractivity contribution >= 4 is 11.6 Å². The highest BCUT2D eigenvalue weighted by atomic mass is 16.2. The van der Waals surface area contributed by atoms with Crippen LogP contribution in [-0.4, -0.2) is 26.1 Å². The number of hydrogen-bond acceptors (Lipinski definition) is 4. The van der Waals surface area contributed by atoms with Crippen molar-refractivity contribution in [2.75, 3.05) is 5.32 Å². The third-order valence-corrected chi connectivity index (χ3v) is 4.15. The maximum atomic E-state index is 12.2. The Kier molecular flexibility index (Phi) is 5.18. The Hall–Kier alpha value is -3.02. The zero-order chi connectivity index (χ0) is 17.6. The van der Waals surface area contributed by atoms with E-state index in [9.17, 15) is 4.79 Å². The Balaban J connectivity index is 1.60. The summed E-state index contributed by atoms with van der Waals surface area (Å²) in [6.07, 6.45) is 1.09. The molecule has 0 radical (unpaired) electrons. The van der Waals surface area contributed by atoms with Crippen molar-refractivity contribution in [2.24, 2.45) is 0 Å². The Labute approximate surface area is 146 Å². The van der Waals surface area contributed by atoms with Gasteiger partial charge in [-0.25, -0.2) is 0 Å². The van der Waals surface area contributed by atoms with Crippen LogP contribution in [0.25, 0.3) is 11.4 Å². The summed E-state index contributed by atoms with van der Waals surface area (Å²) in [4.78, 5) is 13.5. The summed E-state index contributed by atoms with van der Waals surface area (Å²) >= 11 is 0. The average Bonchev–Trinajstić information content (AvgIpc) is 3.10. The second-order valence-corrected chi connectivity index (χ2v) is 5.99. The molecule has 0 aliphatic rings. The topological polar surface area (TPSA) is 72.7 Å². The van der Waals surface area contributed by atoms with Gasteiger partial charge in [-0.15, -0.1) is 10.2 Å². The lowest BCUT2D eigenvalue weighted by atomic mass is 9.99. The number of nitrogens with zero attached hydrogens (tertiary/aromatic N) is 4. The summed E-state index contributed by atoms with van der Waals surface area (Å²) in [7, 11) is 0. The molecule has 1 amide bonds. The molecule has 1 heterocycles. The van der Waals surface area contributed by atoms with Gasteiger partial charge in [0.25, 0.3) is 0 Å². The monoisotopic (exact) mass is 335 g/mol. The predicted molar refractivity (Wildman–Crippen MR) is 97.0 cm³/mol. The van der Waals surface area contributed by atoms with E-state index < -0.39 is 0 Å². The van der Waals surface area contributed by atoms with Crippen LogP contribution in [0.5, 0.6) is 0 Å². The molecule has 2 aromatic carbocycles. The zero-order valence-corrected chi connectivity index (χ0v) is 14.4. The van der Waals surface area contributed by atoms with Gasteiger partial charge in [0.15, 0.2) is 0 Å². The van der Waals surface area contributed by atoms with Gasteiger partial charge >= 0.3 is 0 Å². The normalized spacial score (nSPS) is 11.9. The van der Waals surface area contributed by atoms with Crippen LogP contribution < -0.4 is 5.32 Å². The number of hydrogen-bond donors (Lipinski definition) is 1. The minimum atomic E-state index is -0.187. The minimum Gasteiger partial charge on any atom is -0.324 e. The van der Waals surface area contributed by atoms with Crippen LogP contribution in [0.1, 0.15) is 31.7 Å². The van der Waals surface area contributed by atoms with E-state index in [4.69, 9.17) is 0 Å². The van der Waals surface area contributed by atoms with Gasteiger partial charge in [-0.05, 0) is 35.2 Å². The molecular formula is C19H21N5O. The van der Waals surface area contributed by atoms with Gasteiger partial charge in [0.05, 0.1) is 0 Å². The summed E-state index contributed by atoms with van der Waals surface area (Å²) in [5.41, 5.74) is 2.90. The van der Waals surface area contributed by atoms with Gasteiger partial charge in [-0.3, -0.25) is 4.79 Å². The molecule has 128 valence electrons. The molecule has 6 heteroatoms. The fourth-order valence-corrected chi connectivity index (χ4v) is 2.47. The highest BCUT2D eigenvalue weighted by molar-refractivity contribution is 5.90. The number of nitrogens with one attached hydrogen (secondary N) is 1. The van der Waals surface area contributed by atoms with Gasteiger partial charge in [-0.1, -0.05) is 56.3 Å². The highest BCUT2D eigenvalue weighted by Gasteiger charge is 2.10. The number of amides is 1. The molecule has 0 aliphatic carbocycles. The molecule has 0 saturated carbocycles. The molecule has 0 unspecified atom stereocenters. The molecule has 3 aromatic rings. The summed E-state index contributed by atoms with van der Waals surface area (Å²) in [5, 5.41) is 15.0. The summed E-state index contributed by atoms with van der Waals surface area (Å²) in [5.74, 6) is 0.833. The molecule has 0 saturated heterocycles. The summed E-state index contributed by atoms with van der Waals surface area (Å²) in [6.45, 7) is 4.37. The minimum absolute atomic E-state index is 0.0208. The number of tetrazole rings is 1. The molecule has 1 aromatic heterocycles. The number of rotatable bonds is 6. The lowest BCUT2D eigenvalue weighted by molar-refractivity contribution is -0.117. The van der Waals surface area contributed by atoms with Gasteiger partial charge in [0.1, 0.15) is 6.54 Å². The number of carbonyl (C=O) groups is 1. The molecule has 25 heavy (non-hydrogen) atoms. The van der Waals surface area contributed by atoms with Gasteiger partial charge < -0.3 is 5.32 Å². The Morgan fingerprint density at radius 2 is 1.84 bits per heavy atom. The van der Waals surface area contributed by atoms with Crippen molar-refractivity contribution in [3.05, 3.63) is 60.2 Å². The Bertz CT molecular complexity index is 827. The first-order chi connectivity index (χ1) is 12.2. The largest absolute Gasteiger partial charge is 0.324 e. The first kappa shape index (κ1) is 16.8. The lowest BCUT2D eigenvalue weighted by Gasteiger charge is -2.10. The summed E-state index contributed by atoms with van der Waals surface area (Å²) < 4.78 is 0. The number of anilines is 1. The zero-order valence-electron chi connectivity index (χ0n) is 14.4. The first-order valence-corrected chi connectivity index (χ1v) is 8.38. The van der Waals surface area contributed by atoms with Crippen molar-refractivity contribution in [2.45, 2.75) is 32.7 Å². The van der Waals surface area contributed by atoms with Crippen LogP contribution in [0.15, 0.2) is 54.6 Å². The second kappa shape index (κ2) is 7.70. The molecule has 0 bridgehead atoms. The van der Waals surface area contributed by atoms with Crippen LogP contribution >= 0.6 is 0 Å². The van der Waals surface area contributed by atoms with Crippen molar-refractivity contribution < 1.29 is 4.79 Å². The van der Waals surface area contributed by atoms with E-state index in [0.717, 1.165) is 17.7 Å². The predicted octanol–water partition coefficient (Wildman–Crippen LogP) is 3.49. The van der Waals surface area contributed by atoms with E-state index in [1.54, 1.807) is 0 Å². The lowest BCUT2D eigenvalue weighted by Crippen LogP contribution is -2.20. The van der Waals surface area contributed by atoms with E-state index in [0.29, 0.717) is 11.7 Å². The number of aromatic nitrogens is 4. The maximum absolute atomic E-state index is 12.2. The van der Waals surface area contributed by atoms with Crippen LogP contribution in [0.3, 0.4) is 0 Å². The Morgan fingerprint density at radius 1 is 1.12 bits per heavy atom. The molecule has 3 rings (SSSR count). The van der Waals surface area contributed by atoms with Crippen LogP contribution in [-0.2, 0) is 11.3 Å². The molecule has 0 aliphatic heterocycles. The Morgan fingerprint density at radius 3 is 2.52 bits per heavy atom. The quantitative estimate of drug-likeness (QED) is 0.748. The molecule has 0 fully saturated rings. The molecule has 6 nitrogen and oxygen atoms in total. The number of benzene rings is 2. The SMILES string of the molecule is CC[C@@H](C)c1ccc(NC(=O)Cn2nnc(-c3ccccc3)n2)cc1. The van der Waals surface area contributed by atoms with Crippen molar-refractivity contribution in [1.82, 2.24) is 20.2 Å². The molecule has 1 atom stereocenters. The maximum Gasteiger partial charge on any atom is 0.248 e. The summed E-state index contributed by atoms with van der Waals surface area (Å²) in [6, 6.07) is 17.5. The van der Waals surface area contributed by atoms with Crippen molar-refractivity contribution in [3.8, 4) is 11.4 Å². The molecule has 0 spiro atoms. The van der Waals surface area contributed by atoms with E-state index in [1.807, 2.05) is 54.6 Å². The number of carbonyl (C=O) groups excluding carboxylic acids is 1. The van der Waals surface area contributed by atoms with E-state index in [1.165, 1.54) is 10.4 Å². The first-order valence-electron chi connectivity index (χ1n) is 8.38. The van der Waals surface area contributed by atoms with Crippen LogP contribution in [0, 0.1) is 0 Å². The van der Waals surface area contributed by atoms with Gasteiger partial charge in [0, 0.05) is 11.3 Å². The van der Waals surface area contributed by atoms with Crippen LogP contribution in [0.4, 0.5) is 5.69 Å². The van der Waals surface area contributed by atoms with Gasteiger partial charge in [-0.2, -0.15) is 4.80 Å². The smallest absolute Gasteiger partial charge is 0.248 e. The fraction of sp³-hybridized carbons (Fsp3) is 0.263. The third kappa shape index (κ3) is 4.29. The van der Waals surface area contributed by atoms with Crippen molar-refractivity contribution in [3.63, 3.8) is 0 Å². The standard InChI is InChI=1S/C19H21N5O/c1-3-14(2)15-9-11-17(12-10-15)20-18(25)13-24-22-19(21-23-24)16-7-5-4-6-8-16/h4-12,14H,3,13H2,1-2H3,(H,20,25)/t14-/m1/s1.